The van der Waals surface area contributed by atoms with Gasteiger partial charge in [0, 0.05) is 17.7 Å². The molecule has 0 bridgehead atoms. The Kier molecular flexibility index (Phi) is 3.85. The molecule has 1 aromatic heterocycles. The van der Waals surface area contributed by atoms with E-state index in [9.17, 15) is 10.1 Å². The molecular weight excluding hydrogens is 332 g/mol. The molecule has 0 aliphatic heterocycles. The Labute approximate surface area is 148 Å². The molecule has 6 nitrogen and oxygen atoms in total. The highest BCUT2D eigenvalue weighted by molar-refractivity contribution is 5.77. The first-order chi connectivity index (χ1) is 12.6. The fourth-order valence-corrected chi connectivity index (χ4v) is 2.63. The minimum atomic E-state index is -0.445. The fourth-order valence-electron chi connectivity index (χ4n) is 2.63. The van der Waals surface area contributed by atoms with Crippen molar-refractivity contribution in [2.75, 3.05) is 0 Å². The standard InChI is InChI=1S/C20H14N2O4/c1-13-5-10-19-18(11-13)21-20(26-19)14-3-2-4-17(12-14)25-16-8-6-15(7-9-16)22(23)24/h2-12H,1H3. The van der Waals surface area contributed by atoms with Gasteiger partial charge in [-0.05, 0) is 55.0 Å². The number of aromatic nitrogens is 1. The van der Waals surface area contributed by atoms with E-state index in [1.165, 1.54) is 12.1 Å². The second-order valence-corrected chi connectivity index (χ2v) is 5.87. The molecule has 0 aliphatic rings. The predicted octanol–water partition coefficient (Wildman–Crippen LogP) is 5.50. The number of non-ortho nitro benzene ring substituents is 1. The lowest BCUT2D eigenvalue weighted by atomic mass is 10.2. The van der Waals surface area contributed by atoms with E-state index < -0.39 is 4.92 Å². The van der Waals surface area contributed by atoms with Gasteiger partial charge >= 0.3 is 0 Å². The van der Waals surface area contributed by atoms with Crippen LogP contribution in [0.25, 0.3) is 22.6 Å². The third kappa shape index (κ3) is 3.12. The average Bonchev–Trinajstić information content (AvgIpc) is 3.05. The van der Waals surface area contributed by atoms with E-state index >= 15 is 0 Å². The van der Waals surface area contributed by atoms with Crippen LogP contribution in [0.1, 0.15) is 5.56 Å². The van der Waals surface area contributed by atoms with Crippen LogP contribution in [-0.4, -0.2) is 9.91 Å². The number of benzene rings is 3. The van der Waals surface area contributed by atoms with Gasteiger partial charge in [-0.2, -0.15) is 0 Å². The van der Waals surface area contributed by atoms with Gasteiger partial charge in [-0.3, -0.25) is 10.1 Å². The number of fused-ring (bicyclic) bond motifs is 1. The molecule has 0 amide bonds. The summed E-state index contributed by atoms with van der Waals surface area (Å²) in [7, 11) is 0. The molecule has 0 N–H and O–H groups in total. The van der Waals surface area contributed by atoms with Crippen LogP contribution in [-0.2, 0) is 0 Å². The van der Waals surface area contributed by atoms with Crippen molar-refractivity contribution in [3.8, 4) is 23.0 Å². The second-order valence-electron chi connectivity index (χ2n) is 5.87. The van der Waals surface area contributed by atoms with Crippen molar-refractivity contribution in [1.82, 2.24) is 4.98 Å². The summed E-state index contributed by atoms with van der Waals surface area (Å²) in [6, 6.07) is 19.1. The zero-order valence-electron chi connectivity index (χ0n) is 13.9. The van der Waals surface area contributed by atoms with Gasteiger partial charge in [0.2, 0.25) is 5.89 Å². The number of hydrogen-bond acceptors (Lipinski definition) is 5. The van der Waals surface area contributed by atoms with Crippen LogP contribution in [0.3, 0.4) is 0 Å². The van der Waals surface area contributed by atoms with E-state index in [2.05, 4.69) is 4.98 Å². The summed E-state index contributed by atoms with van der Waals surface area (Å²) in [6.45, 7) is 2.01. The topological polar surface area (TPSA) is 78.4 Å². The zero-order valence-corrected chi connectivity index (χ0v) is 13.9. The molecule has 0 atom stereocenters. The summed E-state index contributed by atoms with van der Waals surface area (Å²) in [5.74, 6) is 1.62. The number of aryl methyl sites for hydroxylation is 1. The molecule has 0 spiro atoms. The van der Waals surface area contributed by atoms with Crippen LogP contribution < -0.4 is 4.74 Å². The number of nitro groups is 1. The number of hydrogen-bond donors (Lipinski definition) is 0. The molecule has 4 aromatic rings. The second kappa shape index (κ2) is 6.33. The van der Waals surface area contributed by atoms with E-state index in [1.807, 2.05) is 43.3 Å². The maximum atomic E-state index is 10.7. The molecule has 0 fully saturated rings. The molecule has 0 saturated heterocycles. The lowest BCUT2D eigenvalue weighted by Crippen LogP contribution is -1.88. The van der Waals surface area contributed by atoms with Crippen molar-refractivity contribution in [3.63, 3.8) is 0 Å². The van der Waals surface area contributed by atoms with Crippen molar-refractivity contribution in [3.05, 3.63) is 82.4 Å². The molecule has 128 valence electrons. The Hall–Kier alpha value is -3.67. The maximum Gasteiger partial charge on any atom is 0.269 e. The minimum absolute atomic E-state index is 0.0212. The van der Waals surface area contributed by atoms with Gasteiger partial charge in [-0.1, -0.05) is 12.1 Å². The van der Waals surface area contributed by atoms with Crippen LogP contribution in [0.2, 0.25) is 0 Å². The number of ether oxygens (including phenoxy) is 1. The molecule has 26 heavy (non-hydrogen) atoms. The monoisotopic (exact) mass is 346 g/mol. The summed E-state index contributed by atoms with van der Waals surface area (Å²) in [6.07, 6.45) is 0. The Morgan fingerprint density at radius 2 is 1.81 bits per heavy atom. The summed E-state index contributed by atoms with van der Waals surface area (Å²) in [5.41, 5.74) is 3.47. The highest BCUT2D eigenvalue weighted by atomic mass is 16.6. The molecule has 6 heteroatoms. The molecule has 0 unspecified atom stereocenters. The van der Waals surface area contributed by atoms with Crippen molar-refractivity contribution in [2.45, 2.75) is 6.92 Å². The largest absolute Gasteiger partial charge is 0.457 e. The van der Waals surface area contributed by atoms with E-state index in [4.69, 9.17) is 9.15 Å². The van der Waals surface area contributed by atoms with Gasteiger partial charge in [0.15, 0.2) is 5.58 Å². The van der Waals surface area contributed by atoms with E-state index in [-0.39, 0.29) is 5.69 Å². The predicted molar refractivity (Wildman–Crippen MR) is 97.4 cm³/mol. The normalized spacial score (nSPS) is 10.8. The van der Waals surface area contributed by atoms with Crippen molar-refractivity contribution in [2.24, 2.45) is 0 Å². The van der Waals surface area contributed by atoms with Gasteiger partial charge in [0.25, 0.3) is 5.69 Å². The van der Waals surface area contributed by atoms with Crippen molar-refractivity contribution in [1.29, 1.82) is 0 Å². The molecule has 1 heterocycles. The summed E-state index contributed by atoms with van der Waals surface area (Å²) in [5, 5.41) is 10.7. The highest BCUT2D eigenvalue weighted by Crippen LogP contribution is 2.30. The van der Waals surface area contributed by atoms with Crippen LogP contribution in [0, 0.1) is 17.0 Å². The quantitative estimate of drug-likeness (QED) is 0.360. The lowest BCUT2D eigenvalue weighted by Gasteiger charge is -2.06. The van der Waals surface area contributed by atoms with Crippen molar-refractivity contribution < 1.29 is 14.1 Å². The number of nitrogens with zero attached hydrogens (tertiary/aromatic N) is 2. The highest BCUT2D eigenvalue weighted by Gasteiger charge is 2.10. The molecule has 0 radical (unpaired) electrons. The van der Waals surface area contributed by atoms with E-state index in [1.54, 1.807) is 18.2 Å². The molecule has 4 rings (SSSR count). The first-order valence-electron chi connectivity index (χ1n) is 7.98. The number of oxazole rings is 1. The Morgan fingerprint density at radius 1 is 1.00 bits per heavy atom. The van der Waals surface area contributed by atoms with Crippen molar-refractivity contribution >= 4 is 16.8 Å². The van der Waals surface area contributed by atoms with Crippen LogP contribution in [0.4, 0.5) is 5.69 Å². The van der Waals surface area contributed by atoms with Crippen LogP contribution >= 0.6 is 0 Å². The maximum absolute atomic E-state index is 10.7. The van der Waals surface area contributed by atoms with Gasteiger partial charge < -0.3 is 9.15 Å². The van der Waals surface area contributed by atoms with Gasteiger partial charge in [-0.25, -0.2) is 4.98 Å². The fraction of sp³-hybridized carbons (Fsp3) is 0.0500. The van der Waals surface area contributed by atoms with E-state index in [0.29, 0.717) is 17.4 Å². The number of rotatable bonds is 4. The van der Waals surface area contributed by atoms with Gasteiger partial charge in [0.1, 0.15) is 17.0 Å². The summed E-state index contributed by atoms with van der Waals surface area (Å²) >= 11 is 0. The van der Waals surface area contributed by atoms with E-state index in [0.717, 1.165) is 22.2 Å². The van der Waals surface area contributed by atoms with Crippen LogP contribution in [0.15, 0.2) is 71.1 Å². The zero-order chi connectivity index (χ0) is 18.1. The summed E-state index contributed by atoms with van der Waals surface area (Å²) in [4.78, 5) is 14.8. The smallest absolute Gasteiger partial charge is 0.269 e. The molecule has 0 aliphatic carbocycles. The third-order valence-corrected chi connectivity index (χ3v) is 3.91. The average molecular weight is 346 g/mol. The third-order valence-electron chi connectivity index (χ3n) is 3.91. The van der Waals surface area contributed by atoms with Gasteiger partial charge in [0.05, 0.1) is 4.92 Å². The first-order valence-corrected chi connectivity index (χ1v) is 7.98. The van der Waals surface area contributed by atoms with Gasteiger partial charge in [-0.15, -0.1) is 0 Å². The summed E-state index contributed by atoms with van der Waals surface area (Å²) < 4.78 is 11.6. The molecule has 3 aromatic carbocycles. The number of nitro benzene ring substituents is 1. The molecule has 0 saturated carbocycles. The van der Waals surface area contributed by atoms with Crippen LogP contribution in [0.5, 0.6) is 11.5 Å². The Balaban J connectivity index is 1.62. The SMILES string of the molecule is Cc1ccc2oc(-c3cccc(Oc4ccc([N+](=O)[O-])cc4)c3)nc2c1. The Bertz CT molecular complexity index is 1100. The Morgan fingerprint density at radius 3 is 2.58 bits per heavy atom. The molecular formula is C20H14N2O4. The minimum Gasteiger partial charge on any atom is -0.457 e. The first kappa shape index (κ1) is 15.8. The lowest BCUT2D eigenvalue weighted by molar-refractivity contribution is -0.384.